The normalized spacial score (nSPS) is 10.8. The SMILES string of the molecule is COc1ccc(C=Cc2noc(C)c2NC(=O)COc2ccccc2Cl)cc1. The molecule has 1 N–H and O–H groups in total. The molecule has 0 atom stereocenters. The van der Waals surface area contributed by atoms with Crippen molar-refractivity contribution in [3.05, 3.63) is 70.6 Å². The Labute approximate surface area is 167 Å². The van der Waals surface area contributed by atoms with E-state index in [4.69, 9.17) is 25.6 Å². The summed E-state index contributed by atoms with van der Waals surface area (Å²) in [5.74, 6) is 1.38. The number of nitrogens with one attached hydrogen (secondary N) is 1. The van der Waals surface area contributed by atoms with Crippen molar-refractivity contribution in [2.24, 2.45) is 0 Å². The molecule has 2 aromatic carbocycles. The van der Waals surface area contributed by atoms with Gasteiger partial charge in [0.25, 0.3) is 5.91 Å². The Balaban J connectivity index is 1.65. The van der Waals surface area contributed by atoms with Gasteiger partial charge in [0.15, 0.2) is 12.4 Å². The summed E-state index contributed by atoms with van der Waals surface area (Å²) in [6.07, 6.45) is 3.63. The predicted octanol–water partition coefficient (Wildman–Crippen LogP) is 4.83. The van der Waals surface area contributed by atoms with Crippen LogP contribution in [0, 0.1) is 6.92 Å². The molecular weight excluding hydrogens is 380 g/mol. The van der Waals surface area contributed by atoms with Gasteiger partial charge in [-0.15, -0.1) is 0 Å². The number of halogens is 1. The highest BCUT2D eigenvalue weighted by Gasteiger charge is 2.14. The van der Waals surface area contributed by atoms with E-state index in [1.807, 2.05) is 30.3 Å². The van der Waals surface area contributed by atoms with E-state index in [0.29, 0.717) is 27.9 Å². The standard InChI is InChI=1S/C21H19ClN2O4/c1-14-21(23-20(25)13-27-19-6-4-3-5-17(19)22)18(24-28-14)12-9-15-7-10-16(26-2)11-8-15/h3-12H,13H2,1-2H3,(H,23,25). The number of para-hydroxylation sites is 1. The summed E-state index contributed by atoms with van der Waals surface area (Å²) in [4.78, 5) is 12.3. The molecule has 0 fully saturated rings. The first-order valence-corrected chi connectivity index (χ1v) is 8.90. The van der Waals surface area contributed by atoms with Gasteiger partial charge in [-0.25, -0.2) is 0 Å². The van der Waals surface area contributed by atoms with Gasteiger partial charge in [-0.2, -0.15) is 0 Å². The summed E-state index contributed by atoms with van der Waals surface area (Å²) in [7, 11) is 1.62. The van der Waals surface area contributed by atoms with Crippen molar-refractivity contribution in [1.29, 1.82) is 0 Å². The highest BCUT2D eigenvalue weighted by Crippen LogP contribution is 2.24. The van der Waals surface area contributed by atoms with Crippen molar-refractivity contribution in [1.82, 2.24) is 5.16 Å². The molecule has 1 aromatic heterocycles. The predicted molar refractivity (Wildman–Crippen MR) is 109 cm³/mol. The number of methoxy groups -OCH3 is 1. The quantitative estimate of drug-likeness (QED) is 0.616. The molecule has 0 aliphatic rings. The van der Waals surface area contributed by atoms with Crippen molar-refractivity contribution in [2.45, 2.75) is 6.92 Å². The van der Waals surface area contributed by atoms with Crippen LogP contribution in [0.4, 0.5) is 5.69 Å². The largest absolute Gasteiger partial charge is 0.497 e. The van der Waals surface area contributed by atoms with Gasteiger partial charge in [-0.05, 0) is 42.8 Å². The van der Waals surface area contributed by atoms with Crippen LogP contribution in [0.5, 0.6) is 11.5 Å². The van der Waals surface area contributed by atoms with Crippen molar-refractivity contribution in [2.75, 3.05) is 19.0 Å². The zero-order chi connectivity index (χ0) is 19.9. The van der Waals surface area contributed by atoms with Gasteiger partial charge in [0.05, 0.1) is 12.1 Å². The third-order valence-corrected chi connectivity index (χ3v) is 4.21. The molecule has 0 saturated carbocycles. The molecule has 0 bridgehead atoms. The number of hydrogen-bond acceptors (Lipinski definition) is 5. The number of carbonyl (C=O) groups is 1. The number of ether oxygens (including phenoxy) is 2. The van der Waals surface area contributed by atoms with Gasteiger partial charge in [-0.3, -0.25) is 4.79 Å². The topological polar surface area (TPSA) is 73.6 Å². The van der Waals surface area contributed by atoms with Crippen LogP contribution in [0.25, 0.3) is 12.2 Å². The lowest BCUT2D eigenvalue weighted by Crippen LogP contribution is -2.20. The molecule has 0 saturated heterocycles. The lowest BCUT2D eigenvalue weighted by atomic mass is 10.2. The van der Waals surface area contributed by atoms with Crippen LogP contribution >= 0.6 is 11.6 Å². The number of nitrogens with zero attached hydrogens (tertiary/aromatic N) is 1. The number of amides is 1. The van der Waals surface area contributed by atoms with Gasteiger partial charge < -0.3 is 19.3 Å². The molecule has 0 radical (unpaired) electrons. The fraction of sp³-hybridized carbons (Fsp3) is 0.143. The van der Waals surface area contributed by atoms with Gasteiger partial charge in [-0.1, -0.05) is 47.1 Å². The molecule has 1 heterocycles. The average molecular weight is 399 g/mol. The highest BCUT2D eigenvalue weighted by molar-refractivity contribution is 6.32. The Kier molecular flexibility index (Phi) is 6.34. The van der Waals surface area contributed by atoms with E-state index in [0.717, 1.165) is 11.3 Å². The maximum atomic E-state index is 12.3. The zero-order valence-electron chi connectivity index (χ0n) is 15.4. The lowest BCUT2D eigenvalue weighted by Gasteiger charge is -2.08. The minimum absolute atomic E-state index is 0.185. The number of aryl methyl sites for hydroxylation is 1. The van der Waals surface area contributed by atoms with Crippen LogP contribution in [0.15, 0.2) is 53.1 Å². The van der Waals surface area contributed by atoms with E-state index in [9.17, 15) is 4.79 Å². The van der Waals surface area contributed by atoms with E-state index >= 15 is 0 Å². The molecule has 0 spiro atoms. The number of anilines is 1. The number of aromatic nitrogens is 1. The third kappa shape index (κ3) is 4.92. The Morgan fingerprint density at radius 2 is 1.93 bits per heavy atom. The second kappa shape index (κ2) is 9.10. The first kappa shape index (κ1) is 19.5. The maximum absolute atomic E-state index is 12.3. The molecule has 0 unspecified atom stereocenters. The van der Waals surface area contributed by atoms with Crippen LogP contribution in [-0.4, -0.2) is 24.8 Å². The summed E-state index contributed by atoms with van der Waals surface area (Å²) >= 11 is 6.02. The van der Waals surface area contributed by atoms with Gasteiger partial charge in [0.1, 0.15) is 22.9 Å². The summed E-state index contributed by atoms with van der Waals surface area (Å²) in [5, 5.41) is 7.20. The molecule has 3 rings (SSSR count). The first-order valence-electron chi connectivity index (χ1n) is 8.52. The smallest absolute Gasteiger partial charge is 0.262 e. The Morgan fingerprint density at radius 1 is 1.18 bits per heavy atom. The molecule has 0 aliphatic heterocycles. The minimum Gasteiger partial charge on any atom is -0.497 e. The zero-order valence-corrected chi connectivity index (χ0v) is 16.2. The second-order valence-electron chi connectivity index (χ2n) is 5.87. The fourth-order valence-electron chi connectivity index (χ4n) is 2.43. The highest BCUT2D eigenvalue weighted by atomic mass is 35.5. The monoisotopic (exact) mass is 398 g/mol. The third-order valence-electron chi connectivity index (χ3n) is 3.90. The maximum Gasteiger partial charge on any atom is 0.262 e. The van der Waals surface area contributed by atoms with Crippen molar-refractivity contribution in [3.8, 4) is 11.5 Å². The fourth-order valence-corrected chi connectivity index (χ4v) is 2.62. The van der Waals surface area contributed by atoms with Gasteiger partial charge in [0, 0.05) is 0 Å². The van der Waals surface area contributed by atoms with E-state index in [2.05, 4.69) is 10.5 Å². The van der Waals surface area contributed by atoms with E-state index in [1.54, 1.807) is 44.4 Å². The molecular formula is C21H19ClN2O4. The number of benzene rings is 2. The molecule has 7 heteroatoms. The molecule has 28 heavy (non-hydrogen) atoms. The van der Waals surface area contributed by atoms with Crippen LogP contribution < -0.4 is 14.8 Å². The van der Waals surface area contributed by atoms with Crippen LogP contribution in [0.1, 0.15) is 17.0 Å². The van der Waals surface area contributed by atoms with Crippen molar-refractivity contribution >= 4 is 35.3 Å². The van der Waals surface area contributed by atoms with Gasteiger partial charge in [0.2, 0.25) is 0 Å². The van der Waals surface area contributed by atoms with E-state index in [1.165, 1.54) is 0 Å². The molecule has 6 nitrogen and oxygen atoms in total. The summed E-state index contributed by atoms with van der Waals surface area (Å²) in [6.45, 7) is 1.54. The molecule has 144 valence electrons. The van der Waals surface area contributed by atoms with Gasteiger partial charge >= 0.3 is 0 Å². The summed E-state index contributed by atoms with van der Waals surface area (Å²) < 4.78 is 15.8. The number of hydrogen-bond donors (Lipinski definition) is 1. The number of rotatable bonds is 7. The minimum atomic E-state index is -0.342. The van der Waals surface area contributed by atoms with Crippen LogP contribution in [0.2, 0.25) is 5.02 Å². The lowest BCUT2D eigenvalue weighted by molar-refractivity contribution is -0.118. The van der Waals surface area contributed by atoms with Crippen LogP contribution in [-0.2, 0) is 4.79 Å². The Bertz CT molecular complexity index is 980. The average Bonchev–Trinajstić information content (AvgIpc) is 3.05. The van der Waals surface area contributed by atoms with Crippen molar-refractivity contribution < 1.29 is 18.8 Å². The first-order chi connectivity index (χ1) is 13.6. The summed E-state index contributed by atoms with van der Waals surface area (Å²) in [6, 6.07) is 14.5. The Morgan fingerprint density at radius 3 is 2.64 bits per heavy atom. The summed E-state index contributed by atoms with van der Waals surface area (Å²) in [5.41, 5.74) is 1.97. The van der Waals surface area contributed by atoms with Crippen molar-refractivity contribution in [3.63, 3.8) is 0 Å². The van der Waals surface area contributed by atoms with E-state index < -0.39 is 0 Å². The molecule has 0 aliphatic carbocycles. The Hall–Kier alpha value is -3.25. The second-order valence-corrected chi connectivity index (χ2v) is 6.28. The van der Waals surface area contributed by atoms with E-state index in [-0.39, 0.29) is 12.5 Å². The molecule has 1 amide bonds. The number of carbonyl (C=O) groups excluding carboxylic acids is 1. The molecule has 3 aromatic rings. The van der Waals surface area contributed by atoms with Crippen LogP contribution in [0.3, 0.4) is 0 Å².